The number of benzene rings is 2. The number of hydrogen-bond acceptors (Lipinski definition) is 2. The Bertz CT molecular complexity index is 619. The number of hydrogen-bond donors (Lipinski definition) is 1. The molecule has 1 heterocycles. The van der Waals surface area contributed by atoms with Crippen LogP contribution in [0.2, 0.25) is 0 Å². The molecule has 1 atom stereocenters. The molecule has 0 bridgehead atoms. The summed E-state index contributed by atoms with van der Waals surface area (Å²) in [4.78, 5) is 0. The van der Waals surface area contributed by atoms with Gasteiger partial charge in [0.2, 0.25) is 0 Å². The number of fused-ring (bicyclic) bond motifs is 1. The summed E-state index contributed by atoms with van der Waals surface area (Å²) < 4.78 is 5.76. The van der Waals surface area contributed by atoms with Gasteiger partial charge in [0, 0.05) is 5.56 Å². The second kappa shape index (κ2) is 5.51. The lowest BCUT2D eigenvalue weighted by Gasteiger charge is -2.29. The zero-order valence-corrected chi connectivity index (χ0v) is 11.7. The molecule has 0 saturated heterocycles. The molecule has 0 amide bonds. The van der Waals surface area contributed by atoms with E-state index in [2.05, 4.69) is 61.3 Å². The third-order valence-corrected chi connectivity index (χ3v) is 3.66. The minimum absolute atomic E-state index is 0.187. The van der Waals surface area contributed by atoms with Gasteiger partial charge < -0.3 is 10.1 Å². The minimum Gasteiger partial charge on any atom is -0.489 e. The van der Waals surface area contributed by atoms with Gasteiger partial charge in [-0.15, -0.1) is 0 Å². The van der Waals surface area contributed by atoms with E-state index in [0.717, 1.165) is 17.9 Å². The van der Waals surface area contributed by atoms with Crippen molar-refractivity contribution in [3.05, 3.63) is 66.2 Å². The van der Waals surface area contributed by atoms with Gasteiger partial charge in [-0.25, -0.2) is 0 Å². The van der Waals surface area contributed by atoms with Crippen LogP contribution in [-0.2, 0) is 0 Å². The standard InChI is InChI=1S/C18H19NO/c1-3-19-18-13(2)12-20-17-10-9-15(11-16(17)18)14-7-5-4-6-8-14/h4-11,18-19H,2-3,12H2,1H3. The zero-order valence-electron chi connectivity index (χ0n) is 11.7. The van der Waals surface area contributed by atoms with Gasteiger partial charge in [-0.05, 0) is 35.4 Å². The molecule has 20 heavy (non-hydrogen) atoms. The van der Waals surface area contributed by atoms with Crippen LogP contribution in [0.25, 0.3) is 11.1 Å². The molecule has 1 unspecified atom stereocenters. The van der Waals surface area contributed by atoms with Crippen LogP contribution in [0.5, 0.6) is 5.75 Å². The second-order valence-electron chi connectivity index (χ2n) is 5.06. The number of rotatable bonds is 3. The average molecular weight is 265 g/mol. The molecule has 0 fully saturated rings. The van der Waals surface area contributed by atoms with Crippen molar-refractivity contribution in [1.82, 2.24) is 5.32 Å². The van der Waals surface area contributed by atoms with Crippen molar-refractivity contribution in [1.29, 1.82) is 0 Å². The van der Waals surface area contributed by atoms with Crippen LogP contribution >= 0.6 is 0 Å². The van der Waals surface area contributed by atoms with E-state index in [9.17, 15) is 0 Å². The Morgan fingerprint density at radius 1 is 1.15 bits per heavy atom. The van der Waals surface area contributed by atoms with Crippen LogP contribution < -0.4 is 10.1 Å². The monoisotopic (exact) mass is 265 g/mol. The molecule has 0 radical (unpaired) electrons. The van der Waals surface area contributed by atoms with Crippen molar-refractivity contribution in [2.45, 2.75) is 13.0 Å². The highest BCUT2D eigenvalue weighted by Gasteiger charge is 2.24. The van der Waals surface area contributed by atoms with Gasteiger partial charge in [-0.3, -0.25) is 0 Å². The van der Waals surface area contributed by atoms with E-state index in [1.54, 1.807) is 0 Å². The van der Waals surface area contributed by atoms with Crippen LogP contribution in [0.1, 0.15) is 18.5 Å². The van der Waals surface area contributed by atoms with Crippen molar-refractivity contribution in [3.8, 4) is 16.9 Å². The summed E-state index contributed by atoms with van der Waals surface area (Å²) in [6.45, 7) is 7.75. The first-order valence-corrected chi connectivity index (χ1v) is 7.03. The topological polar surface area (TPSA) is 21.3 Å². The van der Waals surface area contributed by atoms with Gasteiger partial charge in [-0.1, -0.05) is 49.9 Å². The fourth-order valence-electron chi connectivity index (χ4n) is 2.65. The summed E-state index contributed by atoms with van der Waals surface area (Å²) in [6.07, 6.45) is 0. The molecule has 2 heteroatoms. The van der Waals surface area contributed by atoms with E-state index in [-0.39, 0.29) is 6.04 Å². The van der Waals surface area contributed by atoms with Gasteiger partial charge in [0.15, 0.2) is 0 Å². The summed E-state index contributed by atoms with van der Waals surface area (Å²) in [7, 11) is 0. The second-order valence-corrected chi connectivity index (χ2v) is 5.06. The summed E-state index contributed by atoms with van der Waals surface area (Å²) >= 11 is 0. The molecule has 1 aliphatic rings. The Labute approximate surface area is 120 Å². The Hall–Kier alpha value is -2.06. The lowest BCUT2D eigenvalue weighted by Crippen LogP contribution is -2.28. The molecule has 3 rings (SSSR count). The molecule has 0 aromatic heterocycles. The van der Waals surface area contributed by atoms with Gasteiger partial charge in [0.05, 0.1) is 6.04 Å². The highest BCUT2D eigenvalue weighted by Crippen LogP contribution is 2.37. The normalized spacial score (nSPS) is 17.4. The van der Waals surface area contributed by atoms with Gasteiger partial charge in [0.1, 0.15) is 12.4 Å². The zero-order chi connectivity index (χ0) is 13.9. The molecule has 2 aromatic carbocycles. The Balaban J connectivity index is 2.04. The fraction of sp³-hybridized carbons (Fsp3) is 0.222. The van der Waals surface area contributed by atoms with E-state index >= 15 is 0 Å². The molecule has 2 aromatic rings. The largest absolute Gasteiger partial charge is 0.489 e. The maximum absolute atomic E-state index is 5.76. The number of likely N-dealkylation sites (N-methyl/N-ethyl adjacent to an activating group) is 1. The van der Waals surface area contributed by atoms with Crippen LogP contribution in [-0.4, -0.2) is 13.2 Å². The third kappa shape index (κ3) is 2.35. The smallest absolute Gasteiger partial charge is 0.124 e. The number of nitrogens with one attached hydrogen (secondary N) is 1. The van der Waals surface area contributed by atoms with Crippen LogP contribution in [0.4, 0.5) is 0 Å². The summed E-state index contributed by atoms with van der Waals surface area (Å²) in [5, 5.41) is 3.49. The Kier molecular flexibility index (Phi) is 3.57. The third-order valence-electron chi connectivity index (χ3n) is 3.66. The first-order valence-electron chi connectivity index (χ1n) is 7.03. The number of ether oxygens (including phenoxy) is 1. The minimum atomic E-state index is 0.187. The summed E-state index contributed by atoms with van der Waals surface area (Å²) in [6, 6.07) is 17.0. The van der Waals surface area contributed by atoms with Crippen LogP contribution in [0, 0.1) is 0 Å². The maximum Gasteiger partial charge on any atom is 0.124 e. The lowest BCUT2D eigenvalue weighted by atomic mass is 9.93. The first-order chi connectivity index (χ1) is 9.79. The SMILES string of the molecule is C=C1COc2ccc(-c3ccccc3)cc2C1NCC. The van der Waals surface area contributed by atoms with E-state index < -0.39 is 0 Å². The van der Waals surface area contributed by atoms with Gasteiger partial charge in [0.25, 0.3) is 0 Å². The molecular formula is C18H19NO. The maximum atomic E-state index is 5.76. The quantitative estimate of drug-likeness (QED) is 0.848. The van der Waals surface area contributed by atoms with E-state index in [4.69, 9.17) is 4.74 Å². The summed E-state index contributed by atoms with van der Waals surface area (Å²) in [5.74, 6) is 0.961. The average Bonchev–Trinajstić information content (AvgIpc) is 2.51. The van der Waals surface area contributed by atoms with Crippen LogP contribution in [0.3, 0.4) is 0 Å². The molecule has 102 valence electrons. The fourth-order valence-corrected chi connectivity index (χ4v) is 2.65. The molecule has 0 saturated carbocycles. The first kappa shape index (κ1) is 12.9. The Morgan fingerprint density at radius 3 is 2.70 bits per heavy atom. The van der Waals surface area contributed by atoms with E-state index in [1.165, 1.54) is 16.7 Å². The van der Waals surface area contributed by atoms with Crippen molar-refractivity contribution >= 4 is 0 Å². The summed E-state index contributed by atoms with van der Waals surface area (Å²) in [5.41, 5.74) is 4.71. The highest BCUT2D eigenvalue weighted by atomic mass is 16.5. The predicted octanol–water partition coefficient (Wildman–Crippen LogP) is 3.95. The molecular weight excluding hydrogens is 246 g/mol. The Morgan fingerprint density at radius 2 is 1.95 bits per heavy atom. The van der Waals surface area contributed by atoms with Crippen molar-refractivity contribution in [2.24, 2.45) is 0 Å². The molecule has 2 nitrogen and oxygen atoms in total. The van der Waals surface area contributed by atoms with Gasteiger partial charge >= 0.3 is 0 Å². The molecule has 0 spiro atoms. The molecule has 0 aliphatic carbocycles. The van der Waals surface area contributed by atoms with Crippen molar-refractivity contribution in [3.63, 3.8) is 0 Å². The van der Waals surface area contributed by atoms with Crippen LogP contribution in [0.15, 0.2) is 60.7 Å². The van der Waals surface area contributed by atoms with E-state index in [1.807, 2.05) is 6.07 Å². The molecule has 1 aliphatic heterocycles. The van der Waals surface area contributed by atoms with Gasteiger partial charge in [-0.2, -0.15) is 0 Å². The van der Waals surface area contributed by atoms with E-state index in [0.29, 0.717) is 6.61 Å². The molecule has 1 N–H and O–H groups in total. The highest BCUT2D eigenvalue weighted by molar-refractivity contribution is 5.66. The van der Waals surface area contributed by atoms with Crippen molar-refractivity contribution < 1.29 is 4.74 Å². The predicted molar refractivity (Wildman–Crippen MR) is 82.9 cm³/mol. The lowest BCUT2D eigenvalue weighted by molar-refractivity contribution is 0.310. The van der Waals surface area contributed by atoms with Crippen molar-refractivity contribution in [2.75, 3.05) is 13.2 Å².